The van der Waals surface area contributed by atoms with Crippen molar-refractivity contribution in [1.29, 1.82) is 0 Å². The third-order valence-electron chi connectivity index (χ3n) is 2.63. The predicted molar refractivity (Wildman–Crippen MR) is 73.1 cm³/mol. The molecule has 0 radical (unpaired) electrons. The number of carboxylic acid groups (broad SMARTS) is 1. The highest BCUT2D eigenvalue weighted by atomic mass is 35.5. The fourth-order valence-corrected chi connectivity index (χ4v) is 1.93. The number of ether oxygens (including phenoxy) is 2. The topological polar surface area (TPSA) is 81.8 Å². The van der Waals surface area contributed by atoms with Gasteiger partial charge in [0.2, 0.25) is 0 Å². The standard InChI is InChI=1S/C13H18ClNO4/c1-3-10(13(16)17)19-12-9(14)6-8(4-5-15)7-11(12)18-2/h6-7,10H,3-5,15H2,1-2H3,(H,16,17). The van der Waals surface area contributed by atoms with Gasteiger partial charge in [-0.25, -0.2) is 4.79 Å². The maximum Gasteiger partial charge on any atom is 0.344 e. The molecular weight excluding hydrogens is 270 g/mol. The van der Waals surface area contributed by atoms with Crippen molar-refractivity contribution >= 4 is 17.6 Å². The molecule has 6 heteroatoms. The van der Waals surface area contributed by atoms with Gasteiger partial charge in [0.15, 0.2) is 17.6 Å². The molecular formula is C13H18ClNO4. The molecule has 5 nitrogen and oxygen atoms in total. The van der Waals surface area contributed by atoms with Gasteiger partial charge in [0.25, 0.3) is 0 Å². The summed E-state index contributed by atoms with van der Waals surface area (Å²) < 4.78 is 10.6. The lowest BCUT2D eigenvalue weighted by Crippen LogP contribution is -2.26. The molecule has 1 unspecified atom stereocenters. The first kappa shape index (κ1) is 15.6. The van der Waals surface area contributed by atoms with Crippen LogP contribution in [0.2, 0.25) is 5.02 Å². The molecule has 0 amide bonds. The Hall–Kier alpha value is -1.46. The Morgan fingerprint density at radius 3 is 2.68 bits per heavy atom. The van der Waals surface area contributed by atoms with Gasteiger partial charge < -0.3 is 20.3 Å². The number of carbonyl (C=O) groups is 1. The first-order valence-corrected chi connectivity index (χ1v) is 6.37. The average Bonchev–Trinajstić information content (AvgIpc) is 2.37. The lowest BCUT2D eigenvalue weighted by molar-refractivity contribution is -0.145. The van der Waals surface area contributed by atoms with Crippen molar-refractivity contribution in [3.8, 4) is 11.5 Å². The van der Waals surface area contributed by atoms with E-state index in [0.29, 0.717) is 30.2 Å². The van der Waals surface area contributed by atoms with Crippen molar-refractivity contribution in [1.82, 2.24) is 0 Å². The third-order valence-corrected chi connectivity index (χ3v) is 2.91. The maximum atomic E-state index is 11.0. The normalized spacial score (nSPS) is 12.0. The molecule has 19 heavy (non-hydrogen) atoms. The second kappa shape index (κ2) is 7.21. The molecule has 0 heterocycles. The van der Waals surface area contributed by atoms with E-state index in [-0.39, 0.29) is 5.75 Å². The van der Waals surface area contributed by atoms with Crippen LogP contribution in [-0.2, 0) is 11.2 Å². The van der Waals surface area contributed by atoms with E-state index in [1.165, 1.54) is 7.11 Å². The molecule has 3 N–H and O–H groups in total. The van der Waals surface area contributed by atoms with Gasteiger partial charge in [-0.15, -0.1) is 0 Å². The fraction of sp³-hybridized carbons (Fsp3) is 0.462. The molecule has 1 aromatic carbocycles. The number of benzene rings is 1. The van der Waals surface area contributed by atoms with E-state index in [1.807, 2.05) is 0 Å². The van der Waals surface area contributed by atoms with Crippen LogP contribution >= 0.6 is 11.6 Å². The summed E-state index contributed by atoms with van der Waals surface area (Å²) in [5, 5.41) is 9.32. The number of methoxy groups -OCH3 is 1. The Morgan fingerprint density at radius 2 is 2.21 bits per heavy atom. The van der Waals surface area contributed by atoms with Gasteiger partial charge in [-0.05, 0) is 37.1 Å². The van der Waals surface area contributed by atoms with Gasteiger partial charge in [0.1, 0.15) is 0 Å². The molecule has 0 spiro atoms. The number of aliphatic carboxylic acids is 1. The van der Waals surface area contributed by atoms with Gasteiger partial charge in [0, 0.05) is 0 Å². The number of halogens is 1. The number of carboxylic acids is 1. The molecule has 0 aliphatic rings. The summed E-state index contributed by atoms with van der Waals surface area (Å²) in [5.41, 5.74) is 6.41. The number of rotatable bonds is 7. The molecule has 1 atom stereocenters. The molecule has 0 aromatic heterocycles. The summed E-state index contributed by atoms with van der Waals surface area (Å²) in [7, 11) is 1.48. The predicted octanol–water partition coefficient (Wildman–Crippen LogP) is 2.09. The molecule has 0 aliphatic carbocycles. The van der Waals surface area contributed by atoms with E-state index < -0.39 is 12.1 Å². The highest BCUT2D eigenvalue weighted by Gasteiger charge is 2.21. The van der Waals surface area contributed by atoms with Crippen molar-refractivity contribution in [3.63, 3.8) is 0 Å². The van der Waals surface area contributed by atoms with Crippen LogP contribution in [0.4, 0.5) is 0 Å². The van der Waals surface area contributed by atoms with Crippen molar-refractivity contribution in [3.05, 3.63) is 22.7 Å². The molecule has 1 rings (SSSR count). The van der Waals surface area contributed by atoms with E-state index in [0.717, 1.165) is 5.56 Å². The minimum absolute atomic E-state index is 0.249. The van der Waals surface area contributed by atoms with E-state index in [9.17, 15) is 4.79 Å². The summed E-state index contributed by atoms with van der Waals surface area (Å²) in [5.74, 6) is -0.374. The van der Waals surface area contributed by atoms with Crippen LogP contribution in [0.25, 0.3) is 0 Å². The Balaban J connectivity index is 3.08. The highest BCUT2D eigenvalue weighted by Crippen LogP contribution is 2.37. The van der Waals surface area contributed by atoms with Gasteiger partial charge in [-0.2, -0.15) is 0 Å². The van der Waals surface area contributed by atoms with Crippen LogP contribution in [0.1, 0.15) is 18.9 Å². The zero-order valence-corrected chi connectivity index (χ0v) is 11.7. The summed E-state index contributed by atoms with van der Waals surface area (Å²) >= 11 is 6.12. The number of nitrogens with two attached hydrogens (primary N) is 1. The summed E-state index contributed by atoms with van der Waals surface area (Å²) in [6.07, 6.45) is 0.0399. The first-order chi connectivity index (χ1) is 9.03. The van der Waals surface area contributed by atoms with Gasteiger partial charge >= 0.3 is 5.97 Å². The largest absolute Gasteiger partial charge is 0.493 e. The highest BCUT2D eigenvalue weighted by molar-refractivity contribution is 6.32. The third kappa shape index (κ3) is 4.01. The number of hydrogen-bond acceptors (Lipinski definition) is 4. The van der Waals surface area contributed by atoms with Crippen LogP contribution in [-0.4, -0.2) is 30.8 Å². The van der Waals surface area contributed by atoms with Crippen molar-refractivity contribution in [2.45, 2.75) is 25.9 Å². The Kier molecular flexibility index (Phi) is 5.92. The van der Waals surface area contributed by atoms with Crippen molar-refractivity contribution in [2.75, 3.05) is 13.7 Å². The monoisotopic (exact) mass is 287 g/mol. The minimum Gasteiger partial charge on any atom is -0.493 e. The Bertz CT molecular complexity index is 451. The molecule has 0 saturated carbocycles. The summed E-state index contributed by atoms with van der Waals surface area (Å²) in [6, 6.07) is 3.46. The first-order valence-electron chi connectivity index (χ1n) is 5.99. The molecule has 0 fully saturated rings. The lowest BCUT2D eigenvalue weighted by Gasteiger charge is -2.18. The molecule has 0 aliphatic heterocycles. The van der Waals surface area contributed by atoms with Crippen molar-refractivity contribution in [2.24, 2.45) is 5.73 Å². The van der Waals surface area contributed by atoms with Gasteiger partial charge in [0.05, 0.1) is 12.1 Å². The van der Waals surface area contributed by atoms with Gasteiger partial charge in [-0.1, -0.05) is 18.5 Å². The molecule has 0 saturated heterocycles. The zero-order chi connectivity index (χ0) is 14.4. The van der Waals surface area contributed by atoms with Crippen LogP contribution in [0.5, 0.6) is 11.5 Å². The summed E-state index contributed by atoms with van der Waals surface area (Å²) in [4.78, 5) is 11.0. The average molecular weight is 288 g/mol. The lowest BCUT2D eigenvalue weighted by atomic mass is 10.1. The van der Waals surface area contributed by atoms with Crippen molar-refractivity contribution < 1.29 is 19.4 Å². The quantitative estimate of drug-likeness (QED) is 0.802. The zero-order valence-electron chi connectivity index (χ0n) is 11.0. The molecule has 106 valence electrons. The Morgan fingerprint density at radius 1 is 1.53 bits per heavy atom. The maximum absolute atomic E-state index is 11.0. The molecule has 0 bridgehead atoms. The minimum atomic E-state index is -1.04. The SMILES string of the molecule is CCC(Oc1c(Cl)cc(CCN)cc1OC)C(=O)O. The van der Waals surface area contributed by atoms with Crippen LogP contribution in [0, 0.1) is 0 Å². The smallest absolute Gasteiger partial charge is 0.344 e. The van der Waals surface area contributed by atoms with E-state index >= 15 is 0 Å². The van der Waals surface area contributed by atoms with E-state index in [1.54, 1.807) is 19.1 Å². The van der Waals surface area contributed by atoms with E-state index in [2.05, 4.69) is 0 Å². The van der Waals surface area contributed by atoms with E-state index in [4.69, 9.17) is 31.9 Å². The molecule has 1 aromatic rings. The number of hydrogen-bond donors (Lipinski definition) is 2. The Labute approximate surface area is 117 Å². The fourth-order valence-electron chi connectivity index (χ4n) is 1.65. The second-order valence-corrected chi connectivity index (χ2v) is 4.41. The second-order valence-electron chi connectivity index (χ2n) is 4.00. The van der Waals surface area contributed by atoms with Crippen LogP contribution < -0.4 is 15.2 Å². The van der Waals surface area contributed by atoms with Gasteiger partial charge in [-0.3, -0.25) is 0 Å². The van der Waals surface area contributed by atoms with Crippen LogP contribution in [0.15, 0.2) is 12.1 Å². The summed E-state index contributed by atoms with van der Waals surface area (Å²) in [6.45, 7) is 2.22. The van der Waals surface area contributed by atoms with Crippen LogP contribution in [0.3, 0.4) is 0 Å².